The van der Waals surface area contributed by atoms with Crippen LogP contribution in [0.4, 0.5) is 0 Å². The van der Waals surface area contributed by atoms with Crippen LogP contribution in [0.15, 0.2) is 24.3 Å². The maximum atomic E-state index is 9.57. The third-order valence-electron chi connectivity index (χ3n) is 4.52. The van der Waals surface area contributed by atoms with E-state index in [0.29, 0.717) is 25.1 Å². The molecule has 1 aliphatic rings. The third-order valence-corrected chi connectivity index (χ3v) is 4.52. The Labute approximate surface area is 127 Å². The summed E-state index contributed by atoms with van der Waals surface area (Å²) in [6.07, 6.45) is 4.67. The van der Waals surface area contributed by atoms with E-state index in [4.69, 9.17) is 10.5 Å². The van der Waals surface area contributed by atoms with Gasteiger partial charge in [0.25, 0.3) is 0 Å². The van der Waals surface area contributed by atoms with Crippen molar-refractivity contribution in [1.29, 1.82) is 0 Å². The first kappa shape index (κ1) is 16.4. The Balaban J connectivity index is 2.12. The quantitative estimate of drug-likeness (QED) is 0.719. The summed E-state index contributed by atoms with van der Waals surface area (Å²) >= 11 is 0. The topological polar surface area (TPSA) is 67.5 Å². The van der Waals surface area contributed by atoms with Crippen LogP contribution < -0.4 is 11.1 Å². The molecule has 0 saturated heterocycles. The average Bonchev–Trinajstić information content (AvgIpc) is 2.54. The van der Waals surface area contributed by atoms with Crippen molar-refractivity contribution in [1.82, 2.24) is 5.32 Å². The Kier molecular flexibility index (Phi) is 6.64. The first-order chi connectivity index (χ1) is 10.3. The Morgan fingerprint density at radius 2 is 2.10 bits per heavy atom. The minimum absolute atomic E-state index is 0.119. The molecule has 4 heteroatoms. The number of aliphatic hydroxyl groups excluding tert-OH is 1. The molecule has 0 spiro atoms. The van der Waals surface area contributed by atoms with E-state index >= 15 is 0 Å². The van der Waals surface area contributed by atoms with Crippen molar-refractivity contribution in [3.05, 3.63) is 35.4 Å². The molecule has 0 amide bonds. The summed E-state index contributed by atoms with van der Waals surface area (Å²) in [5.74, 6) is 0.349. The summed E-state index contributed by atoms with van der Waals surface area (Å²) < 4.78 is 5.29. The van der Waals surface area contributed by atoms with Crippen LogP contribution in [0.5, 0.6) is 0 Å². The van der Waals surface area contributed by atoms with Crippen LogP contribution in [0.25, 0.3) is 0 Å². The number of hydrogen-bond acceptors (Lipinski definition) is 4. The molecule has 0 radical (unpaired) electrons. The van der Waals surface area contributed by atoms with Crippen LogP contribution >= 0.6 is 0 Å². The summed E-state index contributed by atoms with van der Waals surface area (Å²) in [6, 6.07) is 8.76. The molecule has 3 atom stereocenters. The fraction of sp³-hybridized carbons (Fsp3) is 0.647. The molecule has 4 nitrogen and oxygen atoms in total. The molecule has 21 heavy (non-hydrogen) atoms. The van der Waals surface area contributed by atoms with Crippen LogP contribution in [0.2, 0.25) is 0 Å². The highest BCUT2D eigenvalue weighted by Crippen LogP contribution is 2.27. The van der Waals surface area contributed by atoms with Gasteiger partial charge in [-0.1, -0.05) is 37.1 Å². The molecular formula is C17H28N2O2. The van der Waals surface area contributed by atoms with Gasteiger partial charge in [0.05, 0.1) is 6.61 Å². The van der Waals surface area contributed by atoms with Gasteiger partial charge in [-0.05, 0) is 29.9 Å². The van der Waals surface area contributed by atoms with Crippen LogP contribution in [0.3, 0.4) is 0 Å². The average molecular weight is 292 g/mol. The number of methoxy groups -OCH3 is 1. The zero-order chi connectivity index (χ0) is 15.1. The van der Waals surface area contributed by atoms with Crippen molar-refractivity contribution in [2.24, 2.45) is 11.7 Å². The largest absolute Gasteiger partial charge is 0.396 e. The normalized spacial score (nSPS) is 24.0. The molecule has 0 heterocycles. The van der Waals surface area contributed by atoms with Gasteiger partial charge in [-0.2, -0.15) is 0 Å². The summed E-state index contributed by atoms with van der Waals surface area (Å²) in [5, 5.41) is 13.2. The monoisotopic (exact) mass is 292 g/mol. The summed E-state index contributed by atoms with van der Waals surface area (Å²) in [4.78, 5) is 0. The molecule has 3 unspecified atom stereocenters. The van der Waals surface area contributed by atoms with Crippen LogP contribution in [-0.4, -0.2) is 31.4 Å². The van der Waals surface area contributed by atoms with Gasteiger partial charge in [0.2, 0.25) is 0 Å². The van der Waals surface area contributed by atoms with Crippen molar-refractivity contribution >= 4 is 0 Å². The van der Waals surface area contributed by atoms with Crippen LogP contribution in [0, 0.1) is 5.92 Å². The van der Waals surface area contributed by atoms with E-state index in [1.807, 2.05) is 12.1 Å². The molecular weight excluding hydrogens is 264 g/mol. The van der Waals surface area contributed by atoms with Crippen molar-refractivity contribution in [2.45, 2.75) is 44.4 Å². The number of nitrogens with one attached hydrogen (secondary N) is 1. The van der Waals surface area contributed by atoms with Gasteiger partial charge in [-0.3, -0.25) is 0 Å². The van der Waals surface area contributed by atoms with Gasteiger partial charge in [0.15, 0.2) is 0 Å². The Bertz CT molecular complexity index is 425. The first-order valence-corrected chi connectivity index (χ1v) is 7.93. The van der Waals surface area contributed by atoms with Gasteiger partial charge < -0.3 is 20.9 Å². The molecule has 2 rings (SSSR count). The lowest BCUT2D eigenvalue weighted by Crippen LogP contribution is -2.44. The minimum atomic E-state index is 0.119. The van der Waals surface area contributed by atoms with E-state index in [1.165, 1.54) is 24.0 Å². The van der Waals surface area contributed by atoms with Gasteiger partial charge in [-0.15, -0.1) is 0 Å². The van der Waals surface area contributed by atoms with Crippen molar-refractivity contribution in [3.8, 4) is 0 Å². The van der Waals surface area contributed by atoms with Gasteiger partial charge in [0.1, 0.15) is 0 Å². The number of nitrogens with two attached hydrogens (primary N) is 1. The molecule has 1 aromatic rings. The van der Waals surface area contributed by atoms with E-state index in [-0.39, 0.29) is 12.6 Å². The Morgan fingerprint density at radius 3 is 2.81 bits per heavy atom. The third kappa shape index (κ3) is 4.27. The Morgan fingerprint density at radius 1 is 1.33 bits per heavy atom. The fourth-order valence-electron chi connectivity index (χ4n) is 3.35. The van der Waals surface area contributed by atoms with Gasteiger partial charge >= 0.3 is 0 Å². The zero-order valence-corrected chi connectivity index (χ0v) is 12.9. The van der Waals surface area contributed by atoms with Crippen molar-refractivity contribution in [2.75, 3.05) is 20.3 Å². The second-order valence-electron chi connectivity index (χ2n) is 5.92. The van der Waals surface area contributed by atoms with Crippen LogP contribution in [-0.2, 0) is 11.3 Å². The van der Waals surface area contributed by atoms with Gasteiger partial charge in [0, 0.05) is 32.3 Å². The molecule has 0 aliphatic heterocycles. The van der Waals surface area contributed by atoms with Crippen molar-refractivity contribution in [3.63, 3.8) is 0 Å². The number of hydrogen-bond donors (Lipinski definition) is 3. The van der Waals surface area contributed by atoms with E-state index in [0.717, 1.165) is 12.8 Å². The SMILES string of the molecule is COCc1ccccc1C(CN)NC1CCCCC1CO. The molecule has 1 aromatic carbocycles. The van der Waals surface area contributed by atoms with Crippen molar-refractivity contribution < 1.29 is 9.84 Å². The van der Waals surface area contributed by atoms with Gasteiger partial charge in [-0.25, -0.2) is 0 Å². The standard InChI is InChI=1S/C17H28N2O2/c1-21-12-14-7-2-4-8-15(14)17(10-18)19-16-9-5-3-6-13(16)11-20/h2,4,7-8,13,16-17,19-20H,3,5-6,9-12,18H2,1H3. The molecule has 118 valence electrons. The number of rotatable bonds is 7. The predicted molar refractivity (Wildman–Crippen MR) is 84.9 cm³/mol. The second kappa shape index (κ2) is 8.49. The number of benzene rings is 1. The lowest BCUT2D eigenvalue weighted by molar-refractivity contribution is 0.145. The van der Waals surface area contributed by atoms with E-state index in [2.05, 4.69) is 17.4 Å². The van der Waals surface area contributed by atoms with E-state index in [9.17, 15) is 5.11 Å². The van der Waals surface area contributed by atoms with E-state index in [1.54, 1.807) is 7.11 Å². The maximum Gasteiger partial charge on any atom is 0.0716 e. The molecule has 0 bridgehead atoms. The molecule has 0 aromatic heterocycles. The maximum absolute atomic E-state index is 9.57. The highest BCUT2D eigenvalue weighted by atomic mass is 16.5. The van der Waals surface area contributed by atoms with Crippen LogP contribution in [0.1, 0.15) is 42.9 Å². The molecule has 1 saturated carbocycles. The highest BCUT2D eigenvalue weighted by molar-refractivity contribution is 5.30. The predicted octanol–water partition coefficient (Wildman–Crippen LogP) is 1.97. The number of ether oxygens (including phenoxy) is 1. The lowest BCUT2D eigenvalue weighted by atomic mass is 9.84. The summed E-state index contributed by atoms with van der Waals surface area (Å²) in [5.41, 5.74) is 8.40. The molecule has 4 N–H and O–H groups in total. The smallest absolute Gasteiger partial charge is 0.0716 e. The Hall–Kier alpha value is -0.940. The number of aliphatic hydroxyl groups is 1. The first-order valence-electron chi connectivity index (χ1n) is 7.93. The van der Waals surface area contributed by atoms with E-state index < -0.39 is 0 Å². The lowest BCUT2D eigenvalue weighted by Gasteiger charge is -2.34. The summed E-state index contributed by atoms with van der Waals surface area (Å²) in [6.45, 7) is 1.41. The fourth-order valence-corrected chi connectivity index (χ4v) is 3.35. The minimum Gasteiger partial charge on any atom is -0.396 e. The zero-order valence-electron chi connectivity index (χ0n) is 12.9. The molecule has 1 aliphatic carbocycles. The molecule has 1 fully saturated rings. The second-order valence-corrected chi connectivity index (χ2v) is 5.92. The summed E-state index contributed by atoms with van der Waals surface area (Å²) in [7, 11) is 1.71. The highest BCUT2D eigenvalue weighted by Gasteiger charge is 2.27.